The van der Waals surface area contributed by atoms with Crippen LogP contribution in [0.3, 0.4) is 0 Å². The predicted molar refractivity (Wildman–Crippen MR) is 86.5 cm³/mol. The molecule has 1 atom stereocenters. The number of aryl methyl sites for hydroxylation is 1. The Kier molecular flexibility index (Phi) is 5.16. The summed E-state index contributed by atoms with van der Waals surface area (Å²) in [5.74, 6) is 0. The highest BCUT2D eigenvalue weighted by molar-refractivity contribution is 9.10. The summed E-state index contributed by atoms with van der Waals surface area (Å²) in [7, 11) is 2.13. The number of hydrogen-bond donors (Lipinski definition) is 1. The van der Waals surface area contributed by atoms with Crippen molar-refractivity contribution in [2.45, 2.75) is 19.5 Å². The van der Waals surface area contributed by atoms with Gasteiger partial charge in [-0.1, -0.05) is 29.8 Å². The van der Waals surface area contributed by atoms with Crippen LogP contribution in [0.15, 0.2) is 40.2 Å². The number of halogens is 1. The fraction of sp³-hybridized carbons (Fsp3) is 0.333. The van der Waals surface area contributed by atoms with Crippen LogP contribution >= 0.6 is 27.3 Å². The molecule has 0 radical (unpaired) electrons. The van der Waals surface area contributed by atoms with Crippen LogP contribution in [0.25, 0.3) is 0 Å². The molecule has 0 saturated heterocycles. The van der Waals surface area contributed by atoms with E-state index >= 15 is 0 Å². The van der Waals surface area contributed by atoms with Crippen molar-refractivity contribution in [1.29, 1.82) is 0 Å². The van der Waals surface area contributed by atoms with Gasteiger partial charge in [0.15, 0.2) is 0 Å². The van der Waals surface area contributed by atoms with Crippen molar-refractivity contribution in [2.24, 2.45) is 5.73 Å². The highest BCUT2D eigenvalue weighted by atomic mass is 79.9. The van der Waals surface area contributed by atoms with Crippen molar-refractivity contribution >= 4 is 27.3 Å². The highest BCUT2D eigenvalue weighted by Gasteiger charge is 2.19. The predicted octanol–water partition coefficient (Wildman–Crippen LogP) is 3.95. The molecule has 0 saturated carbocycles. The van der Waals surface area contributed by atoms with Crippen molar-refractivity contribution in [2.75, 3.05) is 13.6 Å². The average molecular weight is 339 g/mol. The van der Waals surface area contributed by atoms with Crippen LogP contribution in [-0.4, -0.2) is 18.5 Å². The molecule has 2 rings (SSSR count). The molecule has 1 aromatic heterocycles. The molecule has 0 spiro atoms. The molecule has 19 heavy (non-hydrogen) atoms. The topological polar surface area (TPSA) is 29.3 Å². The van der Waals surface area contributed by atoms with Crippen molar-refractivity contribution in [3.63, 3.8) is 0 Å². The molecule has 0 fully saturated rings. The van der Waals surface area contributed by atoms with Crippen LogP contribution in [0.4, 0.5) is 0 Å². The van der Waals surface area contributed by atoms with Gasteiger partial charge in [-0.25, -0.2) is 0 Å². The molecular weight excluding hydrogens is 320 g/mol. The first-order chi connectivity index (χ1) is 9.11. The van der Waals surface area contributed by atoms with E-state index in [1.807, 2.05) is 0 Å². The Morgan fingerprint density at radius 3 is 2.47 bits per heavy atom. The highest BCUT2D eigenvalue weighted by Crippen LogP contribution is 2.32. The van der Waals surface area contributed by atoms with E-state index in [1.165, 1.54) is 16.0 Å². The lowest BCUT2D eigenvalue weighted by Gasteiger charge is -2.26. The number of thiophene rings is 1. The van der Waals surface area contributed by atoms with E-state index < -0.39 is 0 Å². The zero-order valence-electron chi connectivity index (χ0n) is 11.3. The van der Waals surface area contributed by atoms with Crippen LogP contribution < -0.4 is 5.73 Å². The van der Waals surface area contributed by atoms with Gasteiger partial charge in [-0.2, -0.15) is 0 Å². The van der Waals surface area contributed by atoms with Gasteiger partial charge in [-0.3, -0.25) is 4.90 Å². The lowest BCUT2D eigenvalue weighted by Crippen LogP contribution is -2.29. The summed E-state index contributed by atoms with van der Waals surface area (Å²) in [6, 6.07) is 11.0. The quantitative estimate of drug-likeness (QED) is 0.894. The number of rotatable bonds is 5. The molecule has 102 valence electrons. The minimum absolute atomic E-state index is 0.260. The summed E-state index contributed by atoms with van der Waals surface area (Å²) < 4.78 is 1.16. The minimum atomic E-state index is 0.260. The number of nitrogens with two attached hydrogens (primary N) is 1. The van der Waals surface area contributed by atoms with Crippen molar-refractivity contribution in [1.82, 2.24) is 4.90 Å². The number of likely N-dealkylation sites (N-methyl/N-ethyl adjacent to an activating group) is 1. The summed E-state index contributed by atoms with van der Waals surface area (Å²) >= 11 is 5.35. The summed E-state index contributed by atoms with van der Waals surface area (Å²) in [5.41, 5.74) is 8.57. The van der Waals surface area contributed by atoms with E-state index in [9.17, 15) is 0 Å². The van der Waals surface area contributed by atoms with Gasteiger partial charge in [0.25, 0.3) is 0 Å². The Hall–Kier alpha value is -0.680. The van der Waals surface area contributed by atoms with E-state index in [-0.39, 0.29) is 6.04 Å². The van der Waals surface area contributed by atoms with Gasteiger partial charge in [-0.05, 0) is 46.9 Å². The summed E-state index contributed by atoms with van der Waals surface area (Å²) in [4.78, 5) is 3.61. The Balaban J connectivity index is 2.11. The van der Waals surface area contributed by atoms with Gasteiger partial charge in [0.2, 0.25) is 0 Å². The lowest BCUT2D eigenvalue weighted by atomic mass is 10.1. The molecule has 1 aromatic carbocycles. The first kappa shape index (κ1) is 14.7. The summed E-state index contributed by atoms with van der Waals surface area (Å²) in [6.07, 6.45) is 0. The summed E-state index contributed by atoms with van der Waals surface area (Å²) in [6.45, 7) is 3.65. The van der Waals surface area contributed by atoms with Gasteiger partial charge >= 0.3 is 0 Å². The van der Waals surface area contributed by atoms with Crippen LogP contribution in [0.5, 0.6) is 0 Å². The molecule has 0 bridgehead atoms. The smallest absolute Gasteiger partial charge is 0.0576 e. The second-order valence-corrected chi connectivity index (χ2v) is 6.59. The third-order valence-corrected chi connectivity index (χ3v) is 5.23. The molecule has 0 amide bonds. The van der Waals surface area contributed by atoms with Crippen molar-refractivity contribution in [3.05, 3.63) is 56.2 Å². The molecule has 1 unspecified atom stereocenters. The third kappa shape index (κ3) is 3.66. The fourth-order valence-corrected chi connectivity index (χ4v) is 3.94. The Morgan fingerprint density at radius 1 is 1.26 bits per heavy atom. The maximum absolute atomic E-state index is 5.96. The molecule has 2 aromatic rings. The zero-order valence-corrected chi connectivity index (χ0v) is 13.7. The molecule has 0 aliphatic heterocycles. The van der Waals surface area contributed by atoms with E-state index in [0.717, 1.165) is 11.0 Å². The third-order valence-electron chi connectivity index (χ3n) is 3.26. The van der Waals surface area contributed by atoms with E-state index in [1.54, 1.807) is 11.3 Å². The second kappa shape index (κ2) is 6.66. The molecular formula is C15H19BrN2S. The first-order valence-corrected chi connectivity index (χ1v) is 7.98. The number of benzene rings is 1. The number of nitrogens with zero attached hydrogens (tertiary/aromatic N) is 1. The lowest BCUT2D eigenvalue weighted by molar-refractivity contribution is 0.244. The maximum atomic E-state index is 5.96. The average Bonchev–Trinajstić information content (AvgIpc) is 2.80. The van der Waals surface area contributed by atoms with Crippen molar-refractivity contribution < 1.29 is 0 Å². The van der Waals surface area contributed by atoms with E-state index in [2.05, 4.69) is 70.5 Å². The molecule has 2 nitrogen and oxygen atoms in total. The zero-order chi connectivity index (χ0) is 13.8. The Bertz CT molecular complexity index is 521. The van der Waals surface area contributed by atoms with Gasteiger partial charge < -0.3 is 5.73 Å². The van der Waals surface area contributed by atoms with Crippen LogP contribution in [0.1, 0.15) is 22.0 Å². The second-order valence-electron chi connectivity index (χ2n) is 4.79. The van der Waals surface area contributed by atoms with E-state index in [4.69, 9.17) is 5.73 Å². The monoisotopic (exact) mass is 338 g/mol. The van der Waals surface area contributed by atoms with Gasteiger partial charge in [0.1, 0.15) is 0 Å². The van der Waals surface area contributed by atoms with Crippen LogP contribution in [0.2, 0.25) is 0 Å². The van der Waals surface area contributed by atoms with Crippen LogP contribution in [-0.2, 0) is 6.54 Å². The Labute approximate surface area is 127 Å². The summed E-state index contributed by atoms with van der Waals surface area (Å²) in [5, 5.41) is 2.10. The van der Waals surface area contributed by atoms with Gasteiger partial charge in [-0.15, -0.1) is 11.3 Å². The van der Waals surface area contributed by atoms with Gasteiger partial charge in [0, 0.05) is 22.4 Å². The number of hydrogen-bond acceptors (Lipinski definition) is 3. The van der Waals surface area contributed by atoms with Crippen LogP contribution in [0, 0.1) is 6.92 Å². The first-order valence-electron chi connectivity index (χ1n) is 6.30. The molecule has 1 heterocycles. The fourth-order valence-electron chi connectivity index (χ4n) is 2.12. The minimum Gasteiger partial charge on any atom is -0.329 e. The molecule has 4 heteroatoms. The SMILES string of the molecule is Cc1ccc(CN(C)C(CN)c2sccc2Br)cc1. The van der Waals surface area contributed by atoms with Gasteiger partial charge in [0.05, 0.1) is 6.04 Å². The molecule has 0 aliphatic rings. The largest absolute Gasteiger partial charge is 0.329 e. The molecule has 2 N–H and O–H groups in total. The maximum Gasteiger partial charge on any atom is 0.0576 e. The standard InChI is InChI=1S/C15H19BrN2S/c1-11-3-5-12(6-4-11)10-18(2)14(9-17)15-13(16)7-8-19-15/h3-8,14H,9-10,17H2,1-2H3. The molecule has 0 aliphatic carbocycles. The van der Waals surface area contributed by atoms with Crippen molar-refractivity contribution in [3.8, 4) is 0 Å². The normalized spacial score (nSPS) is 12.9. The Morgan fingerprint density at radius 2 is 1.95 bits per heavy atom. The van der Waals surface area contributed by atoms with E-state index in [0.29, 0.717) is 6.54 Å².